The zero-order valence-corrected chi connectivity index (χ0v) is 5.84. The van der Waals surface area contributed by atoms with E-state index in [1.807, 2.05) is 0 Å². The van der Waals surface area contributed by atoms with Gasteiger partial charge in [-0.15, -0.1) is 0 Å². The Morgan fingerprint density at radius 2 is 2.67 bits per heavy atom. The standard InChI is InChI=1S/C7H13NO/c1-2-3-4-7-5-8-6-9-7/h6-7H,2-5H2,1H3. The summed E-state index contributed by atoms with van der Waals surface area (Å²) in [6, 6.07) is 0. The summed E-state index contributed by atoms with van der Waals surface area (Å²) in [5.74, 6) is 0. The summed E-state index contributed by atoms with van der Waals surface area (Å²) in [6.45, 7) is 3.07. The second-order valence-electron chi connectivity index (χ2n) is 2.37. The minimum atomic E-state index is 0.393. The largest absolute Gasteiger partial charge is 0.478 e. The Morgan fingerprint density at radius 1 is 1.78 bits per heavy atom. The number of hydrogen-bond acceptors (Lipinski definition) is 2. The van der Waals surface area contributed by atoms with Gasteiger partial charge in [0.05, 0.1) is 6.54 Å². The third-order valence-corrected chi connectivity index (χ3v) is 1.52. The summed E-state index contributed by atoms with van der Waals surface area (Å²) in [4.78, 5) is 3.97. The average molecular weight is 127 g/mol. The summed E-state index contributed by atoms with van der Waals surface area (Å²) < 4.78 is 5.16. The lowest BCUT2D eigenvalue weighted by atomic mass is 10.2. The van der Waals surface area contributed by atoms with E-state index in [1.54, 1.807) is 6.40 Å². The van der Waals surface area contributed by atoms with Crippen molar-refractivity contribution in [3.8, 4) is 0 Å². The Morgan fingerprint density at radius 3 is 3.22 bits per heavy atom. The highest BCUT2D eigenvalue weighted by Crippen LogP contribution is 2.07. The second-order valence-corrected chi connectivity index (χ2v) is 2.37. The fourth-order valence-corrected chi connectivity index (χ4v) is 0.924. The van der Waals surface area contributed by atoms with Crippen LogP contribution in [0.25, 0.3) is 0 Å². The minimum Gasteiger partial charge on any atom is -0.478 e. The van der Waals surface area contributed by atoms with Crippen molar-refractivity contribution in [3.05, 3.63) is 0 Å². The number of rotatable bonds is 3. The van der Waals surface area contributed by atoms with E-state index < -0.39 is 0 Å². The van der Waals surface area contributed by atoms with Gasteiger partial charge in [0.2, 0.25) is 0 Å². The van der Waals surface area contributed by atoms with Crippen LogP contribution in [0.15, 0.2) is 4.99 Å². The Bertz CT molecular complexity index is 93.1. The zero-order valence-electron chi connectivity index (χ0n) is 5.84. The summed E-state index contributed by atoms with van der Waals surface area (Å²) in [5, 5.41) is 0. The first-order chi connectivity index (χ1) is 4.43. The van der Waals surface area contributed by atoms with E-state index >= 15 is 0 Å². The molecule has 0 aromatic heterocycles. The zero-order chi connectivity index (χ0) is 6.53. The van der Waals surface area contributed by atoms with Gasteiger partial charge in [0, 0.05) is 0 Å². The van der Waals surface area contributed by atoms with Gasteiger partial charge in [-0.25, -0.2) is 0 Å². The maximum absolute atomic E-state index is 5.16. The molecule has 0 radical (unpaired) electrons. The smallest absolute Gasteiger partial charge is 0.170 e. The SMILES string of the molecule is CCCCC1CN=CO1. The molecule has 0 aromatic rings. The molecule has 1 unspecified atom stereocenters. The van der Waals surface area contributed by atoms with Crippen LogP contribution in [0.4, 0.5) is 0 Å². The fourth-order valence-electron chi connectivity index (χ4n) is 0.924. The van der Waals surface area contributed by atoms with Gasteiger partial charge in [-0.2, -0.15) is 0 Å². The van der Waals surface area contributed by atoms with Crippen LogP contribution >= 0.6 is 0 Å². The number of ether oxygens (including phenoxy) is 1. The lowest BCUT2D eigenvalue weighted by Crippen LogP contribution is -2.08. The Labute approximate surface area is 55.9 Å². The van der Waals surface area contributed by atoms with Crippen LogP contribution in [0.1, 0.15) is 26.2 Å². The topological polar surface area (TPSA) is 21.6 Å². The summed E-state index contributed by atoms with van der Waals surface area (Å²) >= 11 is 0. The average Bonchev–Trinajstić information content (AvgIpc) is 2.34. The molecule has 1 aliphatic rings. The van der Waals surface area contributed by atoms with Crippen molar-refractivity contribution in [2.45, 2.75) is 32.3 Å². The van der Waals surface area contributed by atoms with Gasteiger partial charge in [0.25, 0.3) is 0 Å². The summed E-state index contributed by atoms with van der Waals surface area (Å²) in [7, 11) is 0. The second kappa shape index (κ2) is 3.49. The van der Waals surface area contributed by atoms with Crippen molar-refractivity contribution >= 4 is 6.40 Å². The molecule has 0 N–H and O–H groups in total. The predicted molar refractivity (Wildman–Crippen MR) is 37.8 cm³/mol. The molecule has 0 spiro atoms. The van der Waals surface area contributed by atoms with Crippen LogP contribution < -0.4 is 0 Å². The molecule has 0 saturated heterocycles. The highest BCUT2D eigenvalue weighted by atomic mass is 16.5. The number of hydrogen-bond donors (Lipinski definition) is 0. The Hall–Kier alpha value is -0.530. The third-order valence-electron chi connectivity index (χ3n) is 1.52. The molecule has 2 nitrogen and oxygen atoms in total. The molecule has 2 heteroatoms. The fraction of sp³-hybridized carbons (Fsp3) is 0.857. The third kappa shape index (κ3) is 2.04. The molecule has 0 fully saturated rings. The maximum Gasteiger partial charge on any atom is 0.170 e. The van der Waals surface area contributed by atoms with Crippen molar-refractivity contribution in [2.75, 3.05) is 6.54 Å². The van der Waals surface area contributed by atoms with Gasteiger partial charge in [0.15, 0.2) is 6.40 Å². The minimum absolute atomic E-state index is 0.393. The number of unbranched alkanes of at least 4 members (excludes halogenated alkanes) is 1. The van der Waals surface area contributed by atoms with Crippen molar-refractivity contribution in [3.63, 3.8) is 0 Å². The van der Waals surface area contributed by atoms with Gasteiger partial charge in [-0.1, -0.05) is 13.3 Å². The summed E-state index contributed by atoms with van der Waals surface area (Å²) in [5.41, 5.74) is 0. The van der Waals surface area contributed by atoms with Crippen molar-refractivity contribution in [2.24, 2.45) is 4.99 Å². The monoisotopic (exact) mass is 127 g/mol. The van der Waals surface area contributed by atoms with E-state index in [4.69, 9.17) is 4.74 Å². The van der Waals surface area contributed by atoms with Crippen LogP contribution in [-0.2, 0) is 4.74 Å². The number of nitrogens with zero attached hydrogens (tertiary/aromatic N) is 1. The van der Waals surface area contributed by atoms with Crippen molar-refractivity contribution in [1.82, 2.24) is 0 Å². The molecule has 9 heavy (non-hydrogen) atoms. The molecular weight excluding hydrogens is 114 g/mol. The molecular formula is C7H13NO. The summed E-state index contributed by atoms with van der Waals surface area (Å²) in [6.07, 6.45) is 5.63. The molecule has 0 saturated carbocycles. The highest BCUT2D eigenvalue weighted by Gasteiger charge is 2.10. The lowest BCUT2D eigenvalue weighted by Gasteiger charge is -2.05. The van der Waals surface area contributed by atoms with Crippen LogP contribution in [0.5, 0.6) is 0 Å². The van der Waals surface area contributed by atoms with Crippen LogP contribution in [-0.4, -0.2) is 19.0 Å². The molecule has 0 bridgehead atoms. The van der Waals surface area contributed by atoms with Gasteiger partial charge < -0.3 is 4.74 Å². The van der Waals surface area contributed by atoms with Gasteiger partial charge in [-0.3, -0.25) is 4.99 Å². The van der Waals surface area contributed by atoms with Crippen molar-refractivity contribution in [1.29, 1.82) is 0 Å². The van der Waals surface area contributed by atoms with Gasteiger partial charge in [-0.05, 0) is 12.8 Å². The van der Waals surface area contributed by atoms with Crippen LogP contribution in [0.2, 0.25) is 0 Å². The van der Waals surface area contributed by atoms with Gasteiger partial charge >= 0.3 is 0 Å². The molecule has 1 rings (SSSR count). The van der Waals surface area contributed by atoms with E-state index in [0.717, 1.165) is 13.0 Å². The predicted octanol–water partition coefficient (Wildman–Crippen LogP) is 1.60. The van der Waals surface area contributed by atoms with E-state index in [0.29, 0.717) is 6.10 Å². The molecule has 52 valence electrons. The van der Waals surface area contributed by atoms with Crippen molar-refractivity contribution < 1.29 is 4.74 Å². The Kier molecular flexibility index (Phi) is 2.55. The quantitative estimate of drug-likeness (QED) is 0.564. The molecule has 1 heterocycles. The van der Waals surface area contributed by atoms with E-state index in [1.165, 1.54) is 12.8 Å². The first-order valence-corrected chi connectivity index (χ1v) is 3.57. The first kappa shape index (κ1) is 6.59. The van der Waals surface area contributed by atoms with E-state index in [2.05, 4.69) is 11.9 Å². The van der Waals surface area contributed by atoms with E-state index in [-0.39, 0.29) is 0 Å². The Balaban J connectivity index is 2.01. The molecule has 0 amide bonds. The van der Waals surface area contributed by atoms with Crippen LogP contribution in [0.3, 0.4) is 0 Å². The molecule has 1 aliphatic heterocycles. The number of aliphatic imine (C=N–C) groups is 1. The van der Waals surface area contributed by atoms with Crippen LogP contribution in [0, 0.1) is 0 Å². The van der Waals surface area contributed by atoms with Gasteiger partial charge in [0.1, 0.15) is 6.10 Å². The highest BCUT2D eigenvalue weighted by molar-refractivity contribution is 5.48. The molecule has 1 atom stereocenters. The molecule has 0 aliphatic carbocycles. The van der Waals surface area contributed by atoms with E-state index in [9.17, 15) is 0 Å². The normalized spacial score (nSPS) is 24.3. The maximum atomic E-state index is 5.16. The lowest BCUT2D eigenvalue weighted by molar-refractivity contribution is 0.218. The molecule has 0 aromatic carbocycles. The first-order valence-electron chi connectivity index (χ1n) is 3.57.